The topological polar surface area (TPSA) is 62.4 Å². The lowest BCUT2D eigenvalue weighted by Gasteiger charge is -2.37. The summed E-state index contributed by atoms with van der Waals surface area (Å²) in [5.41, 5.74) is 4.09. The van der Waals surface area contributed by atoms with Crippen molar-refractivity contribution in [3.8, 4) is 0 Å². The number of aromatic nitrogens is 1. The minimum atomic E-state index is -0.129. The molecule has 0 radical (unpaired) electrons. The largest absolute Gasteiger partial charge is 0.367 e. The number of carbonyl (C=O) groups is 2. The summed E-state index contributed by atoms with van der Waals surface area (Å²) in [6.07, 6.45) is 2.09. The molecule has 1 aliphatic carbocycles. The maximum Gasteiger partial charge on any atom is 0.270 e. The SMILES string of the molecule is Cc1c(C(=O)N2CC(C)OC(c3ccccc3)C2)[nH]c2c1C(=O)CCC2. The predicted octanol–water partition coefficient (Wildman–Crippen LogP) is 3.44. The lowest BCUT2D eigenvalue weighted by molar-refractivity contribution is -0.0693. The number of aryl methyl sites for hydroxylation is 1. The molecular weight excluding hydrogens is 328 g/mol. The van der Waals surface area contributed by atoms with E-state index in [4.69, 9.17) is 4.74 Å². The first-order chi connectivity index (χ1) is 12.5. The Morgan fingerprint density at radius 2 is 1.96 bits per heavy atom. The fraction of sp³-hybridized carbons (Fsp3) is 0.429. The highest BCUT2D eigenvalue weighted by Crippen LogP contribution is 2.30. The van der Waals surface area contributed by atoms with Gasteiger partial charge in [-0.3, -0.25) is 9.59 Å². The molecule has 5 nitrogen and oxygen atoms in total. The van der Waals surface area contributed by atoms with Crippen LogP contribution >= 0.6 is 0 Å². The van der Waals surface area contributed by atoms with Gasteiger partial charge >= 0.3 is 0 Å². The molecule has 4 rings (SSSR count). The van der Waals surface area contributed by atoms with E-state index in [-0.39, 0.29) is 23.9 Å². The quantitative estimate of drug-likeness (QED) is 0.900. The molecule has 136 valence electrons. The molecule has 2 aliphatic rings. The van der Waals surface area contributed by atoms with Gasteiger partial charge in [-0.15, -0.1) is 0 Å². The van der Waals surface area contributed by atoms with Gasteiger partial charge in [0.2, 0.25) is 0 Å². The average Bonchev–Trinajstić information content (AvgIpc) is 2.99. The molecule has 1 aliphatic heterocycles. The van der Waals surface area contributed by atoms with E-state index >= 15 is 0 Å². The molecule has 26 heavy (non-hydrogen) atoms. The summed E-state index contributed by atoms with van der Waals surface area (Å²) >= 11 is 0. The van der Waals surface area contributed by atoms with E-state index in [0.29, 0.717) is 25.2 Å². The van der Waals surface area contributed by atoms with Gasteiger partial charge < -0.3 is 14.6 Å². The van der Waals surface area contributed by atoms with Crippen molar-refractivity contribution in [1.82, 2.24) is 9.88 Å². The van der Waals surface area contributed by atoms with Gasteiger partial charge in [0.05, 0.1) is 12.6 Å². The maximum absolute atomic E-state index is 13.2. The van der Waals surface area contributed by atoms with Gasteiger partial charge in [-0.1, -0.05) is 30.3 Å². The van der Waals surface area contributed by atoms with Gasteiger partial charge in [-0.2, -0.15) is 0 Å². The summed E-state index contributed by atoms with van der Waals surface area (Å²) in [5, 5.41) is 0. The summed E-state index contributed by atoms with van der Waals surface area (Å²) in [5.74, 6) is 0.109. The van der Waals surface area contributed by atoms with Crippen molar-refractivity contribution in [3.05, 3.63) is 58.4 Å². The van der Waals surface area contributed by atoms with Crippen molar-refractivity contribution in [1.29, 1.82) is 0 Å². The summed E-state index contributed by atoms with van der Waals surface area (Å²) in [4.78, 5) is 30.5. The Balaban J connectivity index is 1.61. The van der Waals surface area contributed by atoms with Crippen molar-refractivity contribution in [2.75, 3.05) is 13.1 Å². The van der Waals surface area contributed by atoms with Crippen LogP contribution in [0.25, 0.3) is 0 Å². The van der Waals surface area contributed by atoms with Crippen LogP contribution in [0.5, 0.6) is 0 Å². The van der Waals surface area contributed by atoms with Gasteiger partial charge in [0, 0.05) is 24.2 Å². The molecule has 5 heteroatoms. The number of benzene rings is 1. The summed E-state index contributed by atoms with van der Waals surface area (Å²) in [7, 11) is 0. The third-order valence-electron chi connectivity index (χ3n) is 5.37. The number of Topliss-reactive ketones (excluding diaryl/α,β-unsaturated/α-hetero) is 1. The highest BCUT2D eigenvalue weighted by molar-refractivity contribution is 6.04. The number of aromatic amines is 1. The smallest absolute Gasteiger partial charge is 0.270 e. The van der Waals surface area contributed by atoms with E-state index in [0.717, 1.165) is 35.2 Å². The second-order valence-corrected chi connectivity index (χ2v) is 7.31. The van der Waals surface area contributed by atoms with Crippen LogP contribution in [0.4, 0.5) is 0 Å². The zero-order valence-electron chi connectivity index (χ0n) is 15.2. The molecule has 1 N–H and O–H groups in total. The first kappa shape index (κ1) is 17.0. The first-order valence-corrected chi connectivity index (χ1v) is 9.29. The fourth-order valence-corrected chi connectivity index (χ4v) is 4.12. The number of H-pyrrole nitrogens is 1. The number of fused-ring (bicyclic) bond motifs is 1. The number of ketones is 1. The van der Waals surface area contributed by atoms with Gasteiger partial charge in [0.1, 0.15) is 11.8 Å². The van der Waals surface area contributed by atoms with Gasteiger partial charge in [0.15, 0.2) is 5.78 Å². The number of amides is 1. The van der Waals surface area contributed by atoms with Crippen molar-refractivity contribution in [2.45, 2.75) is 45.3 Å². The predicted molar refractivity (Wildman–Crippen MR) is 98.4 cm³/mol. The number of carbonyl (C=O) groups excluding carboxylic acids is 2. The lowest BCUT2D eigenvalue weighted by atomic mass is 9.93. The Labute approximate surface area is 153 Å². The van der Waals surface area contributed by atoms with Gasteiger partial charge in [-0.05, 0) is 37.8 Å². The van der Waals surface area contributed by atoms with Crippen molar-refractivity contribution < 1.29 is 14.3 Å². The van der Waals surface area contributed by atoms with E-state index in [1.807, 2.05) is 49.1 Å². The molecule has 0 bridgehead atoms. The third kappa shape index (κ3) is 2.97. The van der Waals surface area contributed by atoms with Crippen LogP contribution < -0.4 is 0 Å². The number of rotatable bonds is 2. The van der Waals surface area contributed by atoms with Crippen LogP contribution in [0.1, 0.15) is 63.5 Å². The van der Waals surface area contributed by atoms with E-state index in [1.54, 1.807) is 0 Å². The zero-order chi connectivity index (χ0) is 18.3. The van der Waals surface area contributed by atoms with E-state index in [2.05, 4.69) is 4.98 Å². The van der Waals surface area contributed by atoms with E-state index in [1.165, 1.54) is 0 Å². The Bertz CT molecular complexity index is 840. The van der Waals surface area contributed by atoms with Crippen LogP contribution in [0, 0.1) is 6.92 Å². The number of ether oxygens (including phenoxy) is 1. The summed E-state index contributed by atoms with van der Waals surface area (Å²) in [6, 6.07) is 10.0. The molecule has 2 aromatic rings. The highest BCUT2D eigenvalue weighted by atomic mass is 16.5. The average molecular weight is 352 g/mol. The van der Waals surface area contributed by atoms with Crippen LogP contribution in [0.2, 0.25) is 0 Å². The lowest BCUT2D eigenvalue weighted by Crippen LogP contribution is -2.46. The van der Waals surface area contributed by atoms with E-state index in [9.17, 15) is 9.59 Å². The third-order valence-corrected chi connectivity index (χ3v) is 5.37. The molecular formula is C21H24N2O3. The molecule has 1 amide bonds. The first-order valence-electron chi connectivity index (χ1n) is 9.29. The molecule has 1 aromatic heterocycles. The standard InChI is InChI=1S/C21H24N2O3/c1-13-11-23(12-18(26-13)15-7-4-3-5-8-15)21(25)20-14(2)19-16(22-20)9-6-10-17(19)24/h3-5,7-8,13,18,22H,6,9-12H2,1-2H3. The fourth-order valence-electron chi connectivity index (χ4n) is 4.12. The minimum absolute atomic E-state index is 0.0376. The molecule has 0 saturated carbocycles. The highest BCUT2D eigenvalue weighted by Gasteiger charge is 2.33. The van der Waals surface area contributed by atoms with Crippen LogP contribution in [0.15, 0.2) is 30.3 Å². The van der Waals surface area contributed by atoms with Crippen molar-refractivity contribution in [3.63, 3.8) is 0 Å². The number of nitrogens with one attached hydrogen (secondary N) is 1. The Kier molecular flexibility index (Phi) is 4.41. The van der Waals surface area contributed by atoms with Crippen LogP contribution in [-0.2, 0) is 11.2 Å². The summed E-state index contributed by atoms with van der Waals surface area (Å²) < 4.78 is 6.06. The minimum Gasteiger partial charge on any atom is -0.367 e. The molecule has 2 atom stereocenters. The van der Waals surface area contributed by atoms with Crippen LogP contribution in [0.3, 0.4) is 0 Å². The van der Waals surface area contributed by atoms with Gasteiger partial charge in [-0.25, -0.2) is 0 Å². The zero-order valence-corrected chi connectivity index (χ0v) is 15.2. The van der Waals surface area contributed by atoms with Crippen LogP contribution in [-0.4, -0.2) is 40.8 Å². The number of morpholine rings is 1. The Morgan fingerprint density at radius 1 is 1.19 bits per heavy atom. The molecule has 0 spiro atoms. The molecule has 1 aromatic carbocycles. The Morgan fingerprint density at radius 3 is 2.69 bits per heavy atom. The molecule has 1 saturated heterocycles. The van der Waals surface area contributed by atoms with E-state index < -0.39 is 0 Å². The summed E-state index contributed by atoms with van der Waals surface area (Å²) in [6.45, 7) is 4.94. The monoisotopic (exact) mass is 352 g/mol. The molecule has 2 unspecified atom stereocenters. The normalized spacial score (nSPS) is 23.0. The Hall–Kier alpha value is -2.40. The second-order valence-electron chi connectivity index (χ2n) is 7.31. The van der Waals surface area contributed by atoms with Crippen molar-refractivity contribution in [2.24, 2.45) is 0 Å². The number of hydrogen-bond donors (Lipinski definition) is 1. The maximum atomic E-state index is 13.2. The second kappa shape index (κ2) is 6.72. The number of hydrogen-bond acceptors (Lipinski definition) is 3. The molecule has 2 heterocycles. The molecule has 1 fully saturated rings. The van der Waals surface area contributed by atoms with Gasteiger partial charge in [0.25, 0.3) is 5.91 Å². The number of nitrogens with zero attached hydrogens (tertiary/aromatic N) is 1. The van der Waals surface area contributed by atoms with Crippen molar-refractivity contribution >= 4 is 11.7 Å².